The average molecular weight is 327 g/mol. The molecular weight excluding hydrogens is 310 g/mol. The molecule has 124 valence electrons. The summed E-state index contributed by atoms with van der Waals surface area (Å²) in [5.41, 5.74) is 1.95. The Hall–Kier alpha value is -3.16. The van der Waals surface area contributed by atoms with Crippen molar-refractivity contribution in [2.45, 2.75) is 20.4 Å². The molecule has 3 rings (SSSR count). The lowest BCUT2D eigenvalue weighted by atomic mass is 10.2. The predicted octanol–water partition coefficient (Wildman–Crippen LogP) is 2.52. The zero-order valence-electron chi connectivity index (χ0n) is 13.6. The van der Waals surface area contributed by atoms with E-state index in [2.05, 4.69) is 20.6 Å². The lowest BCUT2D eigenvalue weighted by molar-refractivity contribution is 0.101. The van der Waals surface area contributed by atoms with Gasteiger partial charge in [0.1, 0.15) is 11.4 Å². The summed E-state index contributed by atoms with van der Waals surface area (Å²) in [7, 11) is 1.60. The molecule has 8 heteroatoms. The van der Waals surface area contributed by atoms with E-state index in [1.54, 1.807) is 42.1 Å². The second kappa shape index (κ2) is 6.53. The van der Waals surface area contributed by atoms with Crippen LogP contribution in [0.3, 0.4) is 0 Å². The number of anilines is 1. The van der Waals surface area contributed by atoms with Crippen LogP contribution in [0.25, 0.3) is 11.5 Å². The van der Waals surface area contributed by atoms with Gasteiger partial charge in [0, 0.05) is 12.1 Å². The molecule has 0 aliphatic heterocycles. The van der Waals surface area contributed by atoms with Gasteiger partial charge in [0.2, 0.25) is 5.89 Å². The summed E-state index contributed by atoms with van der Waals surface area (Å²) in [6, 6.07) is 8.92. The number of carbonyl (C=O) groups is 1. The maximum atomic E-state index is 12.3. The van der Waals surface area contributed by atoms with Gasteiger partial charge >= 0.3 is 6.01 Å². The Morgan fingerprint density at radius 1 is 1.29 bits per heavy atom. The topological polar surface area (TPSA) is 95.1 Å². The Bertz CT molecular complexity index is 851. The van der Waals surface area contributed by atoms with Crippen LogP contribution >= 0.6 is 0 Å². The van der Waals surface area contributed by atoms with E-state index >= 15 is 0 Å². The number of aromatic nitrogens is 4. The molecule has 2 aromatic heterocycles. The van der Waals surface area contributed by atoms with E-state index in [0.717, 1.165) is 17.0 Å². The van der Waals surface area contributed by atoms with Crippen LogP contribution in [-0.2, 0) is 6.54 Å². The lowest BCUT2D eigenvalue weighted by Gasteiger charge is -2.03. The monoisotopic (exact) mass is 327 g/mol. The van der Waals surface area contributed by atoms with E-state index in [-0.39, 0.29) is 11.9 Å². The van der Waals surface area contributed by atoms with Crippen LogP contribution < -0.4 is 10.1 Å². The minimum atomic E-state index is -0.345. The second-order valence-electron chi connectivity index (χ2n) is 5.08. The zero-order valence-corrected chi connectivity index (χ0v) is 13.6. The van der Waals surface area contributed by atoms with Crippen molar-refractivity contribution in [2.75, 3.05) is 12.4 Å². The van der Waals surface area contributed by atoms with Gasteiger partial charge in [0.15, 0.2) is 0 Å². The highest BCUT2D eigenvalue weighted by atomic mass is 16.5. The van der Waals surface area contributed by atoms with Crippen LogP contribution in [0.4, 0.5) is 6.01 Å². The van der Waals surface area contributed by atoms with E-state index in [0.29, 0.717) is 18.1 Å². The molecular formula is C16H17N5O3. The van der Waals surface area contributed by atoms with Crippen molar-refractivity contribution in [3.8, 4) is 17.2 Å². The number of ether oxygens (including phenoxy) is 1. The number of nitrogens with one attached hydrogen (secondary N) is 1. The summed E-state index contributed by atoms with van der Waals surface area (Å²) in [6.45, 7) is 4.34. The maximum Gasteiger partial charge on any atom is 0.322 e. The van der Waals surface area contributed by atoms with E-state index < -0.39 is 0 Å². The van der Waals surface area contributed by atoms with Gasteiger partial charge < -0.3 is 9.15 Å². The standard InChI is InChI=1S/C16H17N5O3/c1-4-21-13(9-10(2)20-21)14(22)17-16-19-18-15(24-16)11-5-7-12(23-3)8-6-11/h5-9H,4H2,1-3H3,(H,17,19,22). The summed E-state index contributed by atoms with van der Waals surface area (Å²) in [5.74, 6) is 0.700. The number of hydrogen-bond acceptors (Lipinski definition) is 6. The molecule has 0 saturated heterocycles. The summed E-state index contributed by atoms with van der Waals surface area (Å²) >= 11 is 0. The van der Waals surface area contributed by atoms with Crippen molar-refractivity contribution in [1.82, 2.24) is 20.0 Å². The number of aryl methyl sites for hydroxylation is 2. The van der Waals surface area contributed by atoms with Crippen molar-refractivity contribution in [2.24, 2.45) is 0 Å². The first-order chi connectivity index (χ1) is 11.6. The Balaban J connectivity index is 1.76. The third-order valence-electron chi connectivity index (χ3n) is 3.42. The number of amides is 1. The zero-order chi connectivity index (χ0) is 17.1. The van der Waals surface area contributed by atoms with Gasteiger partial charge in [-0.3, -0.25) is 14.8 Å². The van der Waals surface area contributed by atoms with E-state index in [9.17, 15) is 4.79 Å². The number of rotatable bonds is 5. The van der Waals surface area contributed by atoms with Crippen molar-refractivity contribution >= 4 is 11.9 Å². The van der Waals surface area contributed by atoms with Gasteiger partial charge in [-0.25, -0.2) is 0 Å². The van der Waals surface area contributed by atoms with Gasteiger partial charge in [0.25, 0.3) is 5.91 Å². The number of hydrogen-bond donors (Lipinski definition) is 1. The van der Waals surface area contributed by atoms with Crippen LogP contribution in [0.1, 0.15) is 23.1 Å². The van der Waals surface area contributed by atoms with Crippen molar-refractivity contribution in [1.29, 1.82) is 0 Å². The summed E-state index contributed by atoms with van der Waals surface area (Å²) < 4.78 is 12.2. The number of benzene rings is 1. The Kier molecular flexibility index (Phi) is 4.28. The lowest BCUT2D eigenvalue weighted by Crippen LogP contribution is -2.17. The molecule has 24 heavy (non-hydrogen) atoms. The van der Waals surface area contributed by atoms with Crippen LogP contribution in [-0.4, -0.2) is 33.0 Å². The predicted molar refractivity (Wildman–Crippen MR) is 86.9 cm³/mol. The average Bonchev–Trinajstić information content (AvgIpc) is 3.21. The summed E-state index contributed by atoms with van der Waals surface area (Å²) in [6.07, 6.45) is 0. The van der Waals surface area contributed by atoms with Crippen molar-refractivity contribution in [3.63, 3.8) is 0 Å². The normalized spacial score (nSPS) is 10.6. The first-order valence-corrected chi connectivity index (χ1v) is 7.44. The van der Waals surface area contributed by atoms with Crippen molar-refractivity contribution < 1.29 is 13.9 Å². The van der Waals surface area contributed by atoms with Gasteiger partial charge in [-0.2, -0.15) is 5.10 Å². The van der Waals surface area contributed by atoms with Crippen LogP contribution in [0.15, 0.2) is 34.7 Å². The fourth-order valence-electron chi connectivity index (χ4n) is 2.25. The summed E-state index contributed by atoms with van der Waals surface area (Å²) in [5, 5.41) is 14.6. The number of nitrogens with zero attached hydrogens (tertiary/aromatic N) is 4. The SMILES string of the molecule is CCn1nc(C)cc1C(=O)Nc1nnc(-c2ccc(OC)cc2)o1. The quantitative estimate of drug-likeness (QED) is 0.773. The largest absolute Gasteiger partial charge is 0.497 e. The molecule has 0 radical (unpaired) electrons. The molecule has 1 aromatic carbocycles. The maximum absolute atomic E-state index is 12.3. The first kappa shape index (κ1) is 15.7. The minimum Gasteiger partial charge on any atom is -0.497 e. The molecule has 3 aromatic rings. The molecule has 1 N–H and O–H groups in total. The molecule has 0 spiro atoms. The Labute approximate surface area is 138 Å². The highest BCUT2D eigenvalue weighted by Gasteiger charge is 2.17. The highest BCUT2D eigenvalue weighted by Crippen LogP contribution is 2.22. The van der Waals surface area contributed by atoms with Crippen LogP contribution in [0.2, 0.25) is 0 Å². The highest BCUT2D eigenvalue weighted by molar-refractivity contribution is 6.01. The molecule has 0 aliphatic carbocycles. The molecule has 0 fully saturated rings. The van der Waals surface area contributed by atoms with Gasteiger partial charge in [-0.1, -0.05) is 5.10 Å². The molecule has 2 heterocycles. The molecule has 8 nitrogen and oxygen atoms in total. The third kappa shape index (κ3) is 3.12. The second-order valence-corrected chi connectivity index (χ2v) is 5.08. The smallest absolute Gasteiger partial charge is 0.322 e. The minimum absolute atomic E-state index is 0.0346. The third-order valence-corrected chi connectivity index (χ3v) is 3.42. The van der Waals surface area contributed by atoms with Gasteiger partial charge in [-0.05, 0) is 44.2 Å². The number of carbonyl (C=O) groups excluding carboxylic acids is 1. The van der Waals surface area contributed by atoms with Gasteiger partial charge in [0.05, 0.1) is 12.8 Å². The Morgan fingerprint density at radius 3 is 2.71 bits per heavy atom. The Morgan fingerprint density at radius 2 is 2.04 bits per heavy atom. The van der Waals surface area contributed by atoms with Crippen LogP contribution in [0, 0.1) is 6.92 Å². The first-order valence-electron chi connectivity index (χ1n) is 7.44. The van der Waals surface area contributed by atoms with E-state index in [1.807, 2.05) is 13.8 Å². The molecule has 1 amide bonds. The van der Waals surface area contributed by atoms with Crippen molar-refractivity contribution in [3.05, 3.63) is 41.7 Å². The van der Waals surface area contributed by atoms with E-state index in [1.165, 1.54) is 0 Å². The fourth-order valence-corrected chi connectivity index (χ4v) is 2.25. The fraction of sp³-hybridized carbons (Fsp3) is 0.250. The molecule has 0 unspecified atom stereocenters. The molecule has 0 atom stereocenters. The molecule has 0 bridgehead atoms. The van der Waals surface area contributed by atoms with E-state index in [4.69, 9.17) is 9.15 Å². The van der Waals surface area contributed by atoms with Gasteiger partial charge in [-0.15, -0.1) is 5.10 Å². The molecule has 0 aliphatic rings. The van der Waals surface area contributed by atoms with Crippen LogP contribution in [0.5, 0.6) is 5.75 Å². The molecule has 0 saturated carbocycles. The number of methoxy groups -OCH3 is 1. The summed E-state index contributed by atoms with van der Waals surface area (Å²) in [4.78, 5) is 12.3.